The Balaban J connectivity index is 1.69. The van der Waals surface area contributed by atoms with Gasteiger partial charge in [-0.25, -0.2) is 0 Å². The number of benzene rings is 1. The van der Waals surface area contributed by atoms with Crippen LogP contribution in [0.1, 0.15) is 18.9 Å². The van der Waals surface area contributed by atoms with Gasteiger partial charge in [-0.1, -0.05) is 18.2 Å². The van der Waals surface area contributed by atoms with Crippen molar-refractivity contribution in [1.82, 2.24) is 15.1 Å². The molecule has 3 rings (SSSR count). The van der Waals surface area contributed by atoms with Crippen LogP contribution >= 0.6 is 0 Å². The maximum Gasteiger partial charge on any atom is 0.165 e. The fourth-order valence-electron chi connectivity index (χ4n) is 2.27. The molecular formula is C14H17N3O. The van der Waals surface area contributed by atoms with Gasteiger partial charge < -0.3 is 10.1 Å². The Morgan fingerprint density at radius 2 is 1.89 bits per heavy atom. The summed E-state index contributed by atoms with van der Waals surface area (Å²) >= 11 is 0. The van der Waals surface area contributed by atoms with Crippen molar-refractivity contribution in [3.05, 3.63) is 42.7 Å². The molecule has 94 valence electrons. The summed E-state index contributed by atoms with van der Waals surface area (Å²) in [5, 5.41) is 7.76. The van der Waals surface area contributed by atoms with E-state index in [1.54, 1.807) is 6.20 Å². The van der Waals surface area contributed by atoms with Gasteiger partial charge >= 0.3 is 0 Å². The molecule has 0 aliphatic carbocycles. The lowest BCUT2D eigenvalue weighted by atomic mass is 10.1. The molecule has 1 aliphatic heterocycles. The second-order valence-electron chi connectivity index (χ2n) is 4.55. The van der Waals surface area contributed by atoms with Crippen LogP contribution in [-0.4, -0.2) is 22.9 Å². The number of nitrogens with one attached hydrogen (secondary N) is 1. The second-order valence-corrected chi connectivity index (χ2v) is 4.55. The quantitative estimate of drug-likeness (QED) is 0.900. The number of rotatable bonds is 3. The lowest BCUT2D eigenvalue weighted by Crippen LogP contribution is -2.29. The largest absolute Gasteiger partial charge is 0.454 e. The minimum Gasteiger partial charge on any atom is -0.454 e. The van der Waals surface area contributed by atoms with E-state index in [0.29, 0.717) is 6.04 Å². The number of piperidine rings is 1. The topological polar surface area (TPSA) is 39.1 Å². The highest BCUT2D eigenvalue weighted by molar-refractivity contribution is 5.27. The summed E-state index contributed by atoms with van der Waals surface area (Å²) in [5.41, 5.74) is 0. The van der Waals surface area contributed by atoms with Crippen molar-refractivity contribution in [3.63, 3.8) is 0 Å². The number of aromatic nitrogens is 2. The van der Waals surface area contributed by atoms with Gasteiger partial charge in [-0.2, -0.15) is 5.10 Å². The van der Waals surface area contributed by atoms with Gasteiger partial charge in [0.1, 0.15) is 5.75 Å². The Labute approximate surface area is 107 Å². The highest BCUT2D eigenvalue weighted by Gasteiger charge is 2.15. The molecule has 1 N–H and O–H groups in total. The van der Waals surface area contributed by atoms with E-state index in [0.717, 1.165) is 37.4 Å². The molecule has 4 nitrogen and oxygen atoms in total. The van der Waals surface area contributed by atoms with Gasteiger partial charge in [-0.15, -0.1) is 0 Å². The molecule has 1 fully saturated rings. The number of hydrogen-bond donors (Lipinski definition) is 1. The van der Waals surface area contributed by atoms with Crippen molar-refractivity contribution in [2.45, 2.75) is 18.9 Å². The van der Waals surface area contributed by atoms with Crippen LogP contribution in [0.15, 0.2) is 42.7 Å². The first-order valence-electron chi connectivity index (χ1n) is 6.39. The standard InChI is InChI=1S/C14H17N3O/c1-2-4-13(5-3-1)18-14-10-16-17(11-14)12-6-8-15-9-7-12/h1-5,10-12,15H,6-9H2. The first-order valence-corrected chi connectivity index (χ1v) is 6.39. The molecule has 18 heavy (non-hydrogen) atoms. The Kier molecular flexibility index (Phi) is 3.28. The van der Waals surface area contributed by atoms with Gasteiger partial charge in [-0.3, -0.25) is 4.68 Å². The predicted molar refractivity (Wildman–Crippen MR) is 69.9 cm³/mol. The van der Waals surface area contributed by atoms with E-state index in [2.05, 4.69) is 10.4 Å². The van der Waals surface area contributed by atoms with Crippen molar-refractivity contribution in [1.29, 1.82) is 0 Å². The molecule has 2 heterocycles. The third-order valence-corrected chi connectivity index (χ3v) is 3.24. The molecule has 0 unspecified atom stereocenters. The zero-order valence-corrected chi connectivity index (χ0v) is 10.2. The van der Waals surface area contributed by atoms with Crippen LogP contribution in [0.3, 0.4) is 0 Å². The van der Waals surface area contributed by atoms with Crippen molar-refractivity contribution < 1.29 is 4.74 Å². The van der Waals surface area contributed by atoms with Crippen molar-refractivity contribution in [2.24, 2.45) is 0 Å². The minimum absolute atomic E-state index is 0.499. The predicted octanol–water partition coefficient (Wildman–Crippen LogP) is 2.60. The molecule has 0 amide bonds. The van der Waals surface area contributed by atoms with Gasteiger partial charge in [0.05, 0.1) is 18.4 Å². The molecule has 0 bridgehead atoms. The van der Waals surface area contributed by atoms with E-state index in [4.69, 9.17) is 4.74 Å². The Morgan fingerprint density at radius 1 is 1.11 bits per heavy atom. The van der Waals surface area contributed by atoms with Crippen molar-refractivity contribution in [3.8, 4) is 11.5 Å². The summed E-state index contributed by atoms with van der Waals surface area (Å²) in [6.45, 7) is 2.14. The SMILES string of the molecule is c1ccc(Oc2cnn(C3CCNCC3)c2)cc1. The van der Waals surface area contributed by atoms with Crippen LogP contribution < -0.4 is 10.1 Å². The highest BCUT2D eigenvalue weighted by atomic mass is 16.5. The maximum atomic E-state index is 5.75. The summed E-state index contributed by atoms with van der Waals surface area (Å²) in [7, 11) is 0. The van der Waals surface area contributed by atoms with Gasteiger partial charge in [0, 0.05) is 0 Å². The zero-order chi connectivity index (χ0) is 12.2. The zero-order valence-electron chi connectivity index (χ0n) is 10.2. The van der Waals surface area contributed by atoms with E-state index in [1.165, 1.54) is 0 Å². The molecule has 1 saturated heterocycles. The molecule has 0 spiro atoms. The Morgan fingerprint density at radius 3 is 2.67 bits per heavy atom. The van der Waals surface area contributed by atoms with E-state index < -0.39 is 0 Å². The molecule has 0 atom stereocenters. The van der Waals surface area contributed by atoms with Gasteiger partial charge in [0.25, 0.3) is 0 Å². The normalized spacial score (nSPS) is 16.7. The number of ether oxygens (including phenoxy) is 1. The van der Waals surface area contributed by atoms with Crippen molar-refractivity contribution >= 4 is 0 Å². The maximum absolute atomic E-state index is 5.75. The van der Waals surface area contributed by atoms with Crippen LogP contribution in [0.25, 0.3) is 0 Å². The van der Waals surface area contributed by atoms with Gasteiger partial charge in [-0.05, 0) is 38.1 Å². The fraction of sp³-hybridized carbons (Fsp3) is 0.357. The summed E-state index contributed by atoms with van der Waals surface area (Å²) in [5.74, 6) is 1.65. The summed E-state index contributed by atoms with van der Waals surface area (Å²) < 4.78 is 7.78. The molecule has 0 saturated carbocycles. The average molecular weight is 243 g/mol. The highest BCUT2D eigenvalue weighted by Crippen LogP contribution is 2.24. The van der Waals surface area contributed by atoms with Crippen LogP contribution in [0.2, 0.25) is 0 Å². The molecular weight excluding hydrogens is 226 g/mol. The lowest BCUT2D eigenvalue weighted by Gasteiger charge is -2.22. The lowest BCUT2D eigenvalue weighted by molar-refractivity contribution is 0.342. The molecule has 4 heteroatoms. The van der Waals surface area contributed by atoms with Crippen LogP contribution in [0, 0.1) is 0 Å². The third kappa shape index (κ3) is 2.54. The summed E-state index contributed by atoms with van der Waals surface area (Å²) in [6, 6.07) is 10.3. The van der Waals surface area contributed by atoms with Gasteiger partial charge in [0.2, 0.25) is 0 Å². The van der Waals surface area contributed by atoms with Crippen LogP contribution in [-0.2, 0) is 0 Å². The Bertz CT molecular complexity index is 489. The molecule has 1 aromatic heterocycles. The fourth-order valence-corrected chi connectivity index (χ4v) is 2.27. The first kappa shape index (κ1) is 11.3. The molecule has 2 aromatic rings. The van der Waals surface area contributed by atoms with Crippen LogP contribution in [0.5, 0.6) is 11.5 Å². The average Bonchev–Trinajstić information content (AvgIpc) is 2.89. The first-order chi connectivity index (χ1) is 8.92. The van der Waals surface area contributed by atoms with E-state index >= 15 is 0 Å². The molecule has 0 radical (unpaired) electrons. The second kappa shape index (κ2) is 5.23. The van der Waals surface area contributed by atoms with E-state index in [1.807, 2.05) is 41.2 Å². The smallest absolute Gasteiger partial charge is 0.165 e. The summed E-state index contributed by atoms with van der Waals surface area (Å²) in [4.78, 5) is 0. The van der Waals surface area contributed by atoms with Crippen molar-refractivity contribution in [2.75, 3.05) is 13.1 Å². The third-order valence-electron chi connectivity index (χ3n) is 3.24. The van der Waals surface area contributed by atoms with Gasteiger partial charge in [0.15, 0.2) is 5.75 Å². The summed E-state index contributed by atoms with van der Waals surface area (Å²) in [6.07, 6.45) is 6.04. The Hall–Kier alpha value is -1.81. The number of hydrogen-bond acceptors (Lipinski definition) is 3. The van der Waals surface area contributed by atoms with E-state index in [-0.39, 0.29) is 0 Å². The number of nitrogens with zero attached hydrogens (tertiary/aromatic N) is 2. The number of para-hydroxylation sites is 1. The molecule has 1 aliphatic rings. The van der Waals surface area contributed by atoms with E-state index in [9.17, 15) is 0 Å². The molecule has 1 aromatic carbocycles. The minimum atomic E-state index is 0.499. The monoisotopic (exact) mass is 243 g/mol. The van der Waals surface area contributed by atoms with Crippen LogP contribution in [0.4, 0.5) is 0 Å².